The van der Waals surface area contributed by atoms with Crippen molar-refractivity contribution in [2.45, 2.75) is 78.2 Å². The van der Waals surface area contributed by atoms with Gasteiger partial charge in [0.05, 0.1) is 6.10 Å². The number of hydrogen-bond acceptors (Lipinski definition) is 2. The Balaban J connectivity index is 1.66. The van der Waals surface area contributed by atoms with Gasteiger partial charge in [-0.15, -0.1) is 0 Å². The van der Waals surface area contributed by atoms with Crippen LogP contribution in [0.3, 0.4) is 0 Å². The molecule has 2 heteroatoms. The molecule has 0 aromatic heterocycles. The number of fused-ring (bicyclic) bond motifs is 5. The Morgan fingerprint density at radius 2 is 1.91 bits per heavy atom. The summed E-state index contributed by atoms with van der Waals surface area (Å²) in [4.78, 5) is 12.2. The van der Waals surface area contributed by atoms with Crippen LogP contribution in [-0.4, -0.2) is 17.0 Å². The Morgan fingerprint density at radius 1 is 1.13 bits per heavy atom. The van der Waals surface area contributed by atoms with Crippen LogP contribution in [0.25, 0.3) is 0 Å². The van der Waals surface area contributed by atoms with Gasteiger partial charge in [-0.1, -0.05) is 25.5 Å². The van der Waals surface area contributed by atoms with Gasteiger partial charge in [0, 0.05) is 5.92 Å². The summed E-state index contributed by atoms with van der Waals surface area (Å²) in [5.74, 6) is 3.00. The van der Waals surface area contributed by atoms with Crippen molar-refractivity contribution < 1.29 is 9.90 Å². The molecule has 0 heterocycles. The molecule has 2 nitrogen and oxygen atoms in total. The first-order valence-corrected chi connectivity index (χ1v) is 9.74. The molecule has 0 spiro atoms. The van der Waals surface area contributed by atoms with E-state index in [2.05, 4.69) is 19.9 Å². The first kappa shape index (κ1) is 15.9. The maximum atomic E-state index is 12.2. The van der Waals surface area contributed by atoms with E-state index in [1.807, 2.05) is 6.92 Å². The third kappa shape index (κ3) is 2.13. The Bertz CT molecular complexity index is 550. The van der Waals surface area contributed by atoms with Crippen molar-refractivity contribution in [2.75, 3.05) is 0 Å². The number of aliphatic hydroxyl groups is 1. The lowest BCUT2D eigenvalue weighted by atomic mass is 9.47. The van der Waals surface area contributed by atoms with E-state index < -0.39 is 0 Å². The van der Waals surface area contributed by atoms with E-state index in [1.54, 1.807) is 5.57 Å². The molecule has 0 amide bonds. The van der Waals surface area contributed by atoms with E-state index >= 15 is 0 Å². The van der Waals surface area contributed by atoms with Crippen molar-refractivity contribution in [2.24, 2.45) is 34.5 Å². The molecule has 23 heavy (non-hydrogen) atoms. The lowest BCUT2D eigenvalue weighted by molar-refractivity contribution is -0.127. The third-order valence-electron chi connectivity index (χ3n) is 8.57. The highest BCUT2D eigenvalue weighted by atomic mass is 16.3. The summed E-state index contributed by atoms with van der Waals surface area (Å²) < 4.78 is 0. The predicted molar refractivity (Wildman–Crippen MR) is 91.9 cm³/mol. The van der Waals surface area contributed by atoms with Gasteiger partial charge < -0.3 is 5.11 Å². The van der Waals surface area contributed by atoms with E-state index in [0.29, 0.717) is 17.1 Å². The van der Waals surface area contributed by atoms with Crippen molar-refractivity contribution in [3.05, 3.63) is 11.6 Å². The van der Waals surface area contributed by atoms with E-state index in [-0.39, 0.29) is 11.5 Å². The molecule has 0 radical (unpaired) electrons. The van der Waals surface area contributed by atoms with Crippen LogP contribution in [0.4, 0.5) is 0 Å². The SMILES string of the molecule is CC(=O)[C@@H]1CC[C@H]2[C@@H]3CC=C4C[C@@H](O)CC[C@]4(C)[C@@H]3CC[C@@]12C. The molecule has 3 saturated carbocycles. The molecular weight excluding hydrogens is 284 g/mol. The molecule has 4 rings (SSSR count). The van der Waals surface area contributed by atoms with Crippen LogP contribution in [0.5, 0.6) is 0 Å². The molecule has 0 bridgehead atoms. The quantitative estimate of drug-likeness (QED) is 0.722. The molecular formula is C21H32O2. The molecule has 0 aromatic carbocycles. The zero-order valence-corrected chi connectivity index (χ0v) is 15.0. The molecule has 128 valence electrons. The summed E-state index contributed by atoms with van der Waals surface area (Å²) >= 11 is 0. The molecule has 0 saturated heterocycles. The molecule has 0 unspecified atom stereocenters. The summed E-state index contributed by atoms with van der Waals surface area (Å²) in [7, 11) is 0. The van der Waals surface area contributed by atoms with Gasteiger partial charge in [-0.3, -0.25) is 4.79 Å². The van der Waals surface area contributed by atoms with Gasteiger partial charge in [0.15, 0.2) is 0 Å². The van der Waals surface area contributed by atoms with Crippen molar-refractivity contribution in [1.82, 2.24) is 0 Å². The molecule has 4 aliphatic carbocycles. The van der Waals surface area contributed by atoms with Crippen molar-refractivity contribution in [3.8, 4) is 0 Å². The van der Waals surface area contributed by atoms with Gasteiger partial charge in [-0.05, 0) is 86.9 Å². The third-order valence-corrected chi connectivity index (χ3v) is 8.57. The number of Topliss-reactive ketones (excluding diaryl/α,β-unsaturated/α-hetero) is 1. The van der Waals surface area contributed by atoms with Crippen LogP contribution in [0.2, 0.25) is 0 Å². The number of hydrogen-bond donors (Lipinski definition) is 1. The van der Waals surface area contributed by atoms with E-state index in [4.69, 9.17) is 0 Å². The summed E-state index contributed by atoms with van der Waals surface area (Å²) in [6, 6.07) is 0. The van der Waals surface area contributed by atoms with E-state index in [0.717, 1.165) is 43.4 Å². The highest BCUT2D eigenvalue weighted by molar-refractivity contribution is 5.79. The minimum absolute atomic E-state index is 0.117. The highest BCUT2D eigenvalue weighted by Gasteiger charge is 2.59. The number of rotatable bonds is 1. The normalized spacial score (nSPS) is 52.2. The summed E-state index contributed by atoms with van der Waals surface area (Å²) in [5, 5.41) is 10.1. The maximum Gasteiger partial charge on any atom is 0.133 e. The Labute approximate surface area is 140 Å². The first-order valence-electron chi connectivity index (χ1n) is 9.74. The number of ketones is 1. The summed E-state index contributed by atoms with van der Waals surface area (Å²) in [6.45, 7) is 6.70. The highest BCUT2D eigenvalue weighted by Crippen LogP contribution is 2.66. The number of carbonyl (C=O) groups is 1. The molecule has 1 N–H and O–H groups in total. The van der Waals surface area contributed by atoms with Crippen molar-refractivity contribution >= 4 is 5.78 Å². The van der Waals surface area contributed by atoms with Crippen LogP contribution in [-0.2, 0) is 4.79 Å². The van der Waals surface area contributed by atoms with Crippen molar-refractivity contribution in [3.63, 3.8) is 0 Å². The minimum atomic E-state index is -0.117. The smallest absolute Gasteiger partial charge is 0.133 e. The predicted octanol–water partition coefficient (Wildman–Crippen LogP) is 4.52. The van der Waals surface area contributed by atoms with Gasteiger partial charge >= 0.3 is 0 Å². The van der Waals surface area contributed by atoms with Gasteiger partial charge in [0.2, 0.25) is 0 Å². The zero-order chi connectivity index (χ0) is 16.4. The lowest BCUT2D eigenvalue weighted by Crippen LogP contribution is -2.50. The second-order valence-electron chi connectivity index (χ2n) is 9.44. The first-order chi connectivity index (χ1) is 10.9. The molecule has 4 aliphatic rings. The molecule has 0 aliphatic heterocycles. The van der Waals surface area contributed by atoms with Gasteiger partial charge in [0.25, 0.3) is 0 Å². The van der Waals surface area contributed by atoms with Gasteiger partial charge in [-0.25, -0.2) is 0 Å². The Kier molecular flexibility index (Phi) is 3.58. The second-order valence-corrected chi connectivity index (χ2v) is 9.44. The average Bonchev–Trinajstić information content (AvgIpc) is 2.85. The summed E-state index contributed by atoms with van der Waals surface area (Å²) in [5.41, 5.74) is 2.11. The van der Waals surface area contributed by atoms with Gasteiger partial charge in [0.1, 0.15) is 5.78 Å². The minimum Gasteiger partial charge on any atom is -0.393 e. The second kappa shape index (κ2) is 5.18. The van der Waals surface area contributed by atoms with Crippen LogP contribution >= 0.6 is 0 Å². The lowest BCUT2D eigenvalue weighted by Gasteiger charge is -2.57. The van der Waals surface area contributed by atoms with Crippen LogP contribution in [0.15, 0.2) is 11.6 Å². The Hall–Kier alpha value is -0.630. The fourth-order valence-corrected chi connectivity index (χ4v) is 7.31. The van der Waals surface area contributed by atoms with Crippen LogP contribution in [0, 0.1) is 34.5 Å². The monoisotopic (exact) mass is 316 g/mol. The molecule has 7 atom stereocenters. The summed E-state index contributed by atoms with van der Waals surface area (Å²) in [6.07, 6.45) is 11.5. The largest absolute Gasteiger partial charge is 0.393 e. The van der Waals surface area contributed by atoms with Crippen LogP contribution in [0.1, 0.15) is 72.1 Å². The maximum absolute atomic E-state index is 12.2. The fraction of sp³-hybridized carbons (Fsp3) is 0.857. The van der Waals surface area contributed by atoms with E-state index in [9.17, 15) is 9.90 Å². The van der Waals surface area contributed by atoms with Gasteiger partial charge in [-0.2, -0.15) is 0 Å². The average molecular weight is 316 g/mol. The molecule has 3 fully saturated rings. The molecule has 0 aromatic rings. The fourth-order valence-electron chi connectivity index (χ4n) is 7.31. The number of allylic oxidation sites excluding steroid dienone is 1. The number of aliphatic hydroxyl groups excluding tert-OH is 1. The van der Waals surface area contributed by atoms with Crippen LogP contribution < -0.4 is 0 Å². The van der Waals surface area contributed by atoms with Crippen molar-refractivity contribution in [1.29, 1.82) is 0 Å². The number of carbonyl (C=O) groups excluding carboxylic acids is 1. The Morgan fingerprint density at radius 3 is 2.65 bits per heavy atom. The topological polar surface area (TPSA) is 37.3 Å². The van der Waals surface area contributed by atoms with E-state index in [1.165, 1.54) is 25.7 Å². The standard InChI is InChI=1S/C21H32O2/c1-13(22)17-6-7-18-16-5-4-14-12-15(23)8-10-20(14,2)19(16)9-11-21(17,18)3/h4,15-19,23H,5-12H2,1-3H3/t15-,16-,17-,18-,19+,20-,21-/m0/s1. The zero-order valence-electron chi connectivity index (χ0n) is 15.0.